The van der Waals surface area contributed by atoms with Crippen LogP contribution in [-0.2, 0) is 0 Å². The van der Waals surface area contributed by atoms with E-state index in [0.29, 0.717) is 56.3 Å². The van der Waals surface area contributed by atoms with Gasteiger partial charge in [-0.2, -0.15) is 10.2 Å². The Morgan fingerprint density at radius 2 is 1.29 bits per heavy atom. The number of methoxy groups -OCH3 is 6. The fourth-order valence-corrected chi connectivity index (χ4v) is 4.09. The summed E-state index contributed by atoms with van der Waals surface area (Å²) in [6.45, 7) is 0. The molecule has 0 aliphatic carbocycles. The maximum atomic E-state index is 13.1. The van der Waals surface area contributed by atoms with Crippen molar-refractivity contribution in [2.45, 2.75) is 0 Å². The monoisotopic (exact) mass is 581 g/mol. The molecule has 0 radical (unpaired) electrons. The molecule has 12 nitrogen and oxygen atoms in total. The second-order valence-corrected chi connectivity index (χ2v) is 8.68. The minimum Gasteiger partial charge on any atom is -0.493 e. The zero-order valence-corrected chi connectivity index (χ0v) is 24.0. The second kappa shape index (κ2) is 12.9. The van der Waals surface area contributed by atoms with Gasteiger partial charge in [0.15, 0.2) is 34.5 Å². The van der Waals surface area contributed by atoms with Crippen molar-refractivity contribution in [3.63, 3.8) is 0 Å². The van der Waals surface area contributed by atoms with Gasteiger partial charge in [-0.1, -0.05) is 11.6 Å². The van der Waals surface area contributed by atoms with Crippen LogP contribution in [0.4, 0.5) is 5.69 Å². The molecule has 1 heterocycles. The molecular weight excluding hydrogens is 554 g/mol. The summed E-state index contributed by atoms with van der Waals surface area (Å²) in [5.74, 6) is 2.55. The summed E-state index contributed by atoms with van der Waals surface area (Å²) in [6.07, 6.45) is 0. The molecule has 0 aliphatic heterocycles. The van der Waals surface area contributed by atoms with E-state index in [2.05, 4.69) is 25.7 Å². The molecule has 13 heteroatoms. The predicted octanol–water partition coefficient (Wildman–Crippen LogP) is 4.40. The summed E-state index contributed by atoms with van der Waals surface area (Å²) in [4.78, 5) is 17.7. The van der Waals surface area contributed by atoms with Crippen LogP contribution in [0.5, 0.6) is 34.5 Å². The van der Waals surface area contributed by atoms with Crippen molar-refractivity contribution in [3.05, 3.63) is 75.2 Å². The van der Waals surface area contributed by atoms with Crippen molar-refractivity contribution in [2.75, 3.05) is 48.1 Å². The van der Waals surface area contributed by atoms with Gasteiger partial charge in [0, 0.05) is 28.3 Å². The van der Waals surface area contributed by atoms with E-state index in [9.17, 15) is 4.79 Å². The third-order valence-corrected chi connectivity index (χ3v) is 6.17. The Labute approximate surface area is 240 Å². The number of hydrogen-bond acceptors (Lipinski definition) is 11. The minimum atomic E-state index is -0.582. The van der Waals surface area contributed by atoms with Gasteiger partial charge in [-0.25, -0.2) is 10.1 Å². The summed E-state index contributed by atoms with van der Waals surface area (Å²) >= 11 is 6.04. The van der Waals surface area contributed by atoms with Gasteiger partial charge in [0.2, 0.25) is 11.5 Å². The number of aromatic amines is 1. The summed E-state index contributed by atoms with van der Waals surface area (Å²) in [5.41, 5.74) is 4.06. The molecule has 0 bridgehead atoms. The lowest BCUT2D eigenvalue weighted by molar-refractivity contribution is 0.324. The number of rotatable bonds is 11. The van der Waals surface area contributed by atoms with Crippen LogP contribution in [0.3, 0.4) is 0 Å². The number of aromatic nitrogens is 3. The molecule has 4 rings (SSSR count). The second-order valence-electron chi connectivity index (χ2n) is 8.24. The van der Waals surface area contributed by atoms with Crippen LogP contribution in [0.15, 0.2) is 58.4 Å². The number of anilines is 1. The largest absolute Gasteiger partial charge is 0.493 e. The normalized spacial score (nSPS) is 11.0. The van der Waals surface area contributed by atoms with Crippen LogP contribution in [0.2, 0.25) is 5.02 Å². The summed E-state index contributed by atoms with van der Waals surface area (Å²) in [7, 11) is 8.99. The summed E-state index contributed by atoms with van der Waals surface area (Å²) in [6, 6.07) is 13.5. The van der Waals surface area contributed by atoms with E-state index in [1.54, 1.807) is 48.5 Å². The van der Waals surface area contributed by atoms with Gasteiger partial charge in [-0.15, -0.1) is 0 Å². The third kappa shape index (κ3) is 6.12. The maximum Gasteiger partial charge on any atom is 0.292 e. The number of H-pyrrole nitrogens is 1. The molecule has 0 saturated carbocycles. The molecule has 3 aromatic carbocycles. The molecule has 0 unspecified atom stereocenters. The van der Waals surface area contributed by atoms with Gasteiger partial charge in [0.1, 0.15) is 5.71 Å². The van der Waals surface area contributed by atoms with Crippen molar-refractivity contribution in [3.8, 4) is 45.9 Å². The molecule has 0 atom stereocenters. The summed E-state index contributed by atoms with van der Waals surface area (Å²) in [5, 5.41) is 11.8. The minimum absolute atomic E-state index is 0.0286. The molecule has 1 aromatic heterocycles. The summed E-state index contributed by atoms with van der Waals surface area (Å²) < 4.78 is 32.8. The van der Waals surface area contributed by atoms with Crippen molar-refractivity contribution in [2.24, 2.45) is 5.10 Å². The van der Waals surface area contributed by atoms with E-state index < -0.39 is 5.56 Å². The van der Waals surface area contributed by atoms with E-state index in [4.69, 9.17) is 40.0 Å². The van der Waals surface area contributed by atoms with Crippen LogP contribution >= 0.6 is 11.6 Å². The number of nitrogens with zero attached hydrogens (tertiary/aromatic N) is 3. The van der Waals surface area contributed by atoms with Crippen LogP contribution in [0.25, 0.3) is 11.4 Å². The predicted molar refractivity (Wildman–Crippen MR) is 155 cm³/mol. The Hall–Kier alpha value is -4.97. The van der Waals surface area contributed by atoms with Crippen molar-refractivity contribution < 1.29 is 28.4 Å². The highest BCUT2D eigenvalue weighted by Crippen LogP contribution is 2.41. The van der Waals surface area contributed by atoms with Crippen molar-refractivity contribution >= 4 is 23.0 Å². The number of ether oxygens (including phenoxy) is 6. The van der Waals surface area contributed by atoms with Crippen LogP contribution in [-0.4, -0.2) is 63.6 Å². The van der Waals surface area contributed by atoms with Gasteiger partial charge < -0.3 is 28.4 Å². The van der Waals surface area contributed by atoms with Gasteiger partial charge in [-0.05, 0) is 36.4 Å². The maximum absolute atomic E-state index is 13.1. The lowest BCUT2D eigenvalue weighted by atomic mass is 10.1. The molecule has 2 N–H and O–H groups in total. The third-order valence-electron chi connectivity index (χ3n) is 5.92. The van der Waals surface area contributed by atoms with Crippen LogP contribution < -0.4 is 39.4 Å². The zero-order chi connectivity index (χ0) is 29.5. The zero-order valence-electron chi connectivity index (χ0n) is 23.2. The Morgan fingerprint density at radius 1 is 0.780 bits per heavy atom. The molecule has 0 amide bonds. The standard InChI is InChI=1S/C28H28ClN5O7/c1-36-19-11-16(12-20(37-2)25(19)40-5)23(32-31-18-13-21(38-3)26(41-6)22(14-18)39-4)24-28(35)34-33-27(30-24)15-7-9-17(29)10-8-15/h7-14,31H,1-6H3,(H,34,35)/b32-23+. The van der Waals surface area contributed by atoms with E-state index in [1.807, 2.05) is 0 Å². The number of nitrogens with one attached hydrogen (secondary N) is 2. The van der Waals surface area contributed by atoms with Crippen molar-refractivity contribution in [1.29, 1.82) is 0 Å². The fourth-order valence-electron chi connectivity index (χ4n) is 3.97. The number of hydrazone groups is 1. The topological polar surface area (TPSA) is 138 Å². The van der Waals surface area contributed by atoms with Gasteiger partial charge in [0.25, 0.3) is 5.56 Å². The molecule has 0 aliphatic rings. The Morgan fingerprint density at radius 3 is 1.78 bits per heavy atom. The fraction of sp³-hybridized carbons (Fsp3) is 0.214. The average molecular weight is 582 g/mol. The first-order valence-electron chi connectivity index (χ1n) is 12.0. The highest BCUT2D eigenvalue weighted by molar-refractivity contribution is 6.30. The molecule has 4 aromatic rings. The first-order chi connectivity index (χ1) is 19.9. The smallest absolute Gasteiger partial charge is 0.292 e. The average Bonchev–Trinajstić information content (AvgIpc) is 3.01. The highest BCUT2D eigenvalue weighted by atomic mass is 35.5. The lowest BCUT2D eigenvalue weighted by Gasteiger charge is -2.16. The lowest BCUT2D eigenvalue weighted by Crippen LogP contribution is -2.24. The van der Waals surface area contributed by atoms with E-state index in [0.717, 1.165) is 0 Å². The quantitative estimate of drug-likeness (QED) is 0.193. The van der Waals surface area contributed by atoms with Gasteiger partial charge in [-0.3, -0.25) is 10.2 Å². The van der Waals surface area contributed by atoms with Gasteiger partial charge >= 0.3 is 0 Å². The van der Waals surface area contributed by atoms with E-state index >= 15 is 0 Å². The number of hydrogen-bond donors (Lipinski definition) is 2. The molecule has 214 valence electrons. The Bertz CT molecular complexity index is 1570. The first kappa shape index (κ1) is 29.0. The molecule has 0 fully saturated rings. The number of benzene rings is 3. The molecule has 41 heavy (non-hydrogen) atoms. The first-order valence-corrected chi connectivity index (χ1v) is 12.4. The molecule has 0 saturated heterocycles. The van der Waals surface area contributed by atoms with E-state index in [1.165, 1.54) is 42.7 Å². The molecular formula is C28H28ClN5O7. The molecule has 0 spiro atoms. The van der Waals surface area contributed by atoms with Gasteiger partial charge in [0.05, 0.1) is 48.3 Å². The SMILES string of the molecule is COc1cc(N/N=C(\c2cc(OC)c(OC)c(OC)c2)c2nc(-c3ccc(Cl)cc3)n[nH]c2=O)cc(OC)c1OC. The van der Waals surface area contributed by atoms with Crippen LogP contribution in [0, 0.1) is 0 Å². The highest BCUT2D eigenvalue weighted by Gasteiger charge is 2.22. The Balaban J connectivity index is 1.93. The Kier molecular flexibility index (Phi) is 9.15. The van der Waals surface area contributed by atoms with E-state index in [-0.39, 0.29) is 17.2 Å². The van der Waals surface area contributed by atoms with Crippen LogP contribution in [0.1, 0.15) is 11.3 Å². The number of halogens is 1. The van der Waals surface area contributed by atoms with Crippen molar-refractivity contribution in [1.82, 2.24) is 15.2 Å².